The highest BCUT2D eigenvalue weighted by atomic mass is 79.9. The summed E-state index contributed by atoms with van der Waals surface area (Å²) in [6.07, 6.45) is 1.68. The van der Waals surface area contributed by atoms with Crippen molar-refractivity contribution in [2.24, 2.45) is 5.73 Å². The number of halogens is 1. The van der Waals surface area contributed by atoms with E-state index in [4.69, 9.17) is 14.9 Å². The van der Waals surface area contributed by atoms with Gasteiger partial charge in [0.05, 0.1) is 29.5 Å². The average Bonchev–Trinajstić information content (AvgIpc) is 2.64. The molecule has 0 bridgehead atoms. The predicted octanol–water partition coefficient (Wildman–Crippen LogP) is 1.37. The van der Waals surface area contributed by atoms with Crippen LogP contribution in [0.15, 0.2) is 21.2 Å². The van der Waals surface area contributed by atoms with Gasteiger partial charge in [-0.25, -0.2) is 0 Å². The third-order valence-electron chi connectivity index (χ3n) is 2.75. The molecule has 1 aliphatic heterocycles. The van der Waals surface area contributed by atoms with Gasteiger partial charge in [0.25, 0.3) is 0 Å². The third kappa shape index (κ3) is 2.10. The largest absolute Gasteiger partial charge is 0.466 e. The van der Waals surface area contributed by atoms with Crippen LogP contribution in [-0.2, 0) is 4.74 Å². The molecule has 2 heterocycles. The Kier molecular flexibility index (Phi) is 3.45. The highest BCUT2D eigenvalue weighted by molar-refractivity contribution is 9.10. The Bertz CT molecular complexity index is 329. The molecule has 0 radical (unpaired) electrons. The van der Waals surface area contributed by atoms with Gasteiger partial charge in [-0.15, -0.1) is 0 Å². The molecule has 0 aliphatic carbocycles. The minimum atomic E-state index is 0.00574. The fourth-order valence-corrected chi connectivity index (χ4v) is 2.38. The van der Waals surface area contributed by atoms with E-state index in [1.54, 1.807) is 6.26 Å². The lowest BCUT2D eigenvalue weighted by Crippen LogP contribution is -2.46. The van der Waals surface area contributed by atoms with Gasteiger partial charge >= 0.3 is 0 Å². The standard InChI is InChI=1S/C10H15BrN2O2/c1-13-3-5-14-8(6-12)9(13)10-7(11)2-4-15-10/h2,4,8-9H,3,5-6,12H2,1H3. The van der Waals surface area contributed by atoms with Gasteiger partial charge in [-0.2, -0.15) is 0 Å². The van der Waals surface area contributed by atoms with Crippen LogP contribution in [0.5, 0.6) is 0 Å². The summed E-state index contributed by atoms with van der Waals surface area (Å²) in [5, 5.41) is 0. The van der Waals surface area contributed by atoms with Crippen LogP contribution in [0.3, 0.4) is 0 Å². The number of nitrogens with zero attached hydrogens (tertiary/aromatic N) is 1. The van der Waals surface area contributed by atoms with Crippen molar-refractivity contribution in [1.29, 1.82) is 0 Å². The van der Waals surface area contributed by atoms with E-state index in [0.717, 1.165) is 23.4 Å². The van der Waals surface area contributed by atoms with Crippen LogP contribution < -0.4 is 5.73 Å². The number of rotatable bonds is 2. The maximum atomic E-state index is 5.70. The highest BCUT2D eigenvalue weighted by Crippen LogP contribution is 2.33. The van der Waals surface area contributed by atoms with Crippen molar-refractivity contribution in [1.82, 2.24) is 4.90 Å². The lowest BCUT2D eigenvalue weighted by atomic mass is 10.1. The Morgan fingerprint density at radius 2 is 2.47 bits per heavy atom. The molecule has 5 heteroatoms. The number of morpholine rings is 1. The molecule has 0 saturated carbocycles. The van der Waals surface area contributed by atoms with E-state index in [2.05, 4.69) is 27.9 Å². The smallest absolute Gasteiger partial charge is 0.137 e. The lowest BCUT2D eigenvalue weighted by molar-refractivity contribution is -0.0643. The monoisotopic (exact) mass is 274 g/mol. The van der Waals surface area contributed by atoms with Gasteiger partial charge < -0.3 is 14.9 Å². The van der Waals surface area contributed by atoms with Gasteiger partial charge in [0.15, 0.2) is 0 Å². The predicted molar refractivity (Wildman–Crippen MR) is 60.6 cm³/mol. The molecule has 15 heavy (non-hydrogen) atoms. The van der Waals surface area contributed by atoms with E-state index >= 15 is 0 Å². The molecule has 0 amide bonds. The summed E-state index contributed by atoms with van der Waals surface area (Å²) in [6.45, 7) is 2.13. The van der Waals surface area contributed by atoms with Gasteiger partial charge in [0, 0.05) is 13.1 Å². The maximum Gasteiger partial charge on any atom is 0.137 e. The highest BCUT2D eigenvalue weighted by Gasteiger charge is 2.33. The number of furan rings is 1. The van der Waals surface area contributed by atoms with E-state index in [-0.39, 0.29) is 12.1 Å². The van der Waals surface area contributed by atoms with E-state index < -0.39 is 0 Å². The van der Waals surface area contributed by atoms with Crippen LogP contribution >= 0.6 is 15.9 Å². The molecule has 84 valence electrons. The summed E-state index contributed by atoms with van der Waals surface area (Å²) in [6, 6.07) is 2.00. The molecule has 1 aromatic heterocycles. The number of hydrogen-bond acceptors (Lipinski definition) is 4. The maximum absolute atomic E-state index is 5.70. The summed E-state index contributed by atoms with van der Waals surface area (Å²) in [5.41, 5.74) is 5.70. The molecule has 2 rings (SSSR count). The summed E-state index contributed by atoms with van der Waals surface area (Å²) in [4.78, 5) is 2.21. The molecular formula is C10H15BrN2O2. The van der Waals surface area contributed by atoms with Crippen molar-refractivity contribution >= 4 is 15.9 Å². The van der Waals surface area contributed by atoms with Crippen molar-refractivity contribution in [2.45, 2.75) is 12.1 Å². The zero-order chi connectivity index (χ0) is 10.8. The second-order valence-electron chi connectivity index (χ2n) is 3.70. The Morgan fingerprint density at radius 1 is 1.67 bits per heavy atom. The first-order valence-electron chi connectivity index (χ1n) is 4.99. The van der Waals surface area contributed by atoms with E-state index in [1.165, 1.54) is 0 Å². The molecule has 1 fully saturated rings. The molecular weight excluding hydrogens is 260 g/mol. The van der Waals surface area contributed by atoms with Crippen molar-refractivity contribution in [3.05, 3.63) is 22.6 Å². The fraction of sp³-hybridized carbons (Fsp3) is 0.600. The molecule has 1 aromatic rings. The van der Waals surface area contributed by atoms with Gasteiger partial charge in [-0.1, -0.05) is 0 Å². The fourth-order valence-electron chi connectivity index (χ4n) is 1.94. The Balaban J connectivity index is 2.27. The number of likely N-dealkylation sites (N-methyl/N-ethyl adjacent to an activating group) is 1. The Labute approximate surface area is 97.5 Å². The number of nitrogens with two attached hydrogens (primary N) is 1. The summed E-state index contributed by atoms with van der Waals surface area (Å²) in [5.74, 6) is 0.896. The molecule has 2 N–H and O–H groups in total. The van der Waals surface area contributed by atoms with E-state index in [0.29, 0.717) is 6.54 Å². The van der Waals surface area contributed by atoms with Crippen LogP contribution in [0, 0.1) is 0 Å². The summed E-state index contributed by atoms with van der Waals surface area (Å²) < 4.78 is 12.1. The normalized spacial score (nSPS) is 28.2. The first-order chi connectivity index (χ1) is 7.24. The van der Waals surface area contributed by atoms with Gasteiger partial charge in [-0.05, 0) is 29.0 Å². The first-order valence-corrected chi connectivity index (χ1v) is 5.78. The SMILES string of the molecule is CN1CCOC(CN)C1c1occc1Br. The van der Waals surface area contributed by atoms with Crippen LogP contribution in [0.25, 0.3) is 0 Å². The number of ether oxygens (including phenoxy) is 1. The molecule has 1 saturated heterocycles. The van der Waals surface area contributed by atoms with Crippen molar-refractivity contribution in [2.75, 3.05) is 26.7 Å². The van der Waals surface area contributed by atoms with Crippen LogP contribution in [0.1, 0.15) is 11.8 Å². The van der Waals surface area contributed by atoms with Gasteiger partial charge in [0.1, 0.15) is 5.76 Å². The molecule has 0 spiro atoms. The second kappa shape index (κ2) is 4.65. The lowest BCUT2D eigenvalue weighted by Gasteiger charge is -2.37. The topological polar surface area (TPSA) is 51.6 Å². The minimum Gasteiger partial charge on any atom is -0.466 e. The molecule has 2 atom stereocenters. The van der Waals surface area contributed by atoms with E-state index in [9.17, 15) is 0 Å². The second-order valence-corrected chi connectivity index (χ2v) is 4.56. The minimum absolute atomic E-state index is 0.00574. The zero-order valence-corrected chi connectivity index (χ0v) is 10.2. The zero-order valence-electron chi connectivity index (χ0n) is 8.65. The summed E-state index contributed by atoms with van der Waals surface area (Å²) in [7, 11) is 2.06. The van der Waals surface area contributed by atoms with Crippen molar-refractivity contribution in [3.8, 4) is 0 Å². The van der Waals surface area contributed by atoms with Crippen LogP contribution in [-0.4, -0.2) is 37.7 Å². The molecule has 0 aromatic carbocycles. The van der Waals surface area contributed by atoms with Crippen LogP contribution in [0.4, 0.5) is 0 Å². The average molecular weight is 275 g/mol. The van der Waals surface area contributed by atoms with Crippen LogP contribution in [0.2, 0.25) is 0 Å². The quantitative estimate of drug-likeness (QED) is 0.885. The summed E-state index contributed by atoms with van der Waals surface area (Å²) >= 11 is 3.47. The van der Waals surface area contributed by atoms with Gasteiger partial charge in [-0.3, -0.25) is 4.90 Å². The van der Waals surface area contributed by atoms with Crippen molar-refractivity contribution < 1.29 is 9.15 Å². The molecule has 4 nitrogen and oxygen atoms in total. The Morgan fingerprint density at radius 3 is 3.07 bits per heavy atom. The Hall–Kier alpha value is -0.360. The van der Waals surface area contributed by atoms with Crippen molar-refractivity contribution in [3.63, 3.8) is 0 Å². The van der Waals surface area contributed by atoms with E-state index in [1.807, 2.05) is 6.07 Å². The molecule has 1 aliphatic rings. The van der Waals surface area contributed by atoms with Gasteiger partial charge in [0.2, 0.25) is 0 Å². The molecule has 2 unspecified atom stereocenters. The third-order valence-corrected chi connectivity index (χ3v) is 3.40. The number of hydrogen-bond donors (Lipinski definition) is 1. The first kappa shape index (κ1) is 11.1.